The third-order valence-corrected chi connectivity index (χ3v) is 1.77. The first-order chi connectivity index (χ1) is 4.27. The number of amides is 1. The Kier molecular flexibility index (Phi) is 1.83. The van der Waals surface area contributed by atoms with Gasteiger partial charge in [0, 0.05) is 0 Å². The van der Waals surface area contributed by atoms with Gasteiger partial charge in [-0.3, -0.25) is 0 Å². The van der Waals surface area contributed by atoms with E-state index in [2.05, 4.69) is 0 Å². The summed E-state index contributed by atoms with van der Waals surface area (Å²) in [5.41, 5.74) is 0. The van der Waals surface area contributed by atoms with E-state index in [1.165, 1.54) is 0 Å². The monoisotopic (exact) mass is 129 g/mol. The van der Waals surface area contributed by atoms with Crippen molar-refractivity contribution in [1.29, 1.82) is 0 Å². The van der Waals surface area contributed by atoms with E-state index >= 15 is 0 Å². The Morgan fingerprint density at radius 3 is 2.11 bits per heavy atom. The van der Waals surface area contributed by atoms with Crippen LogP contribution in [0.5, 0.6) is 0 Å². The van der Waals surface area contributed by atoms with E-state index in [0.717, 1.165) is 19.3 Å². The van der Waals surface area contributed by atoms with Crippen LogP contribution in [0, 0.1) is 5.21 Å². The van der Waals surface area contributed by atoms with Crippen molar-refractivity contribution < 1.29 is 9.44 Å². The predicted octanol–water partition coefficient (Wildman–Crippen LogP) is 0.641. The maximum atomic E-state index is 11.1. The molecule has 0 aromatic carbocycles. The summed E-state index contributed by atoms with van der Waals surface area (Å²) in [5.74, 6) is 0. The Balaban J connectivity index is 2.46. The lowest BCUT2D eigenvalue weighted by Crippen LogP contribution is -2.44. The summed E-state index contributed by atoms with van der Waals surface area (Å²) in [6, 6.07) is 0. The van der Waals surface area contributed by atoms with Gasteiger partial charge in [0.15, 0.2) is 0 Å². The van der Waals surface area contributed by atoms with Gasteiger partial charge in [-0.1, -0.05) is 0 Å². The van der Waals surface area contributed by atoms with E-state index in [4.69, 9.17) is 0 Å². The molecular formula is C6H11NO2. The van der Waals surface area contributed by atoms with E-state index in [1.807, 2.05) is 0 Å². The molecule has 1 fully saturated rings. The topological polar surface area (TPSA) is 40.1 Å². The number of hydroxylamine groups is 3. The van der Waals surface area contributed by atoms with Crippen molar-refractivity contribution in [2.75, 3.05) is 13.1 Å². The summed E-state index contributed by atoms with van der Waals surface area (Å²) in [6.45, 7) is 0.979. The van der Waals surface area contributed by atoms with Crippen molar-refractivity contribution in [2.45, 2.75) is 19.3 Å². The molecule has 0 atom stereocenters. The van der Waals surface area contributed by atoms with Gasteiger partial charge in [-0.2, -0.15) is 0 Å². The lowest BCUT2D eigenvalue weighted by molar-refractivity contribution is -0.800. The quantitative estimate of drug-likeness (QED) is 0.296. The first-order valence-electron chi connectivity index (χ1n) is 3.31. The number of likely N-dealkylation sites (tertiary alicyclic amines) is 1. The van der Waals surface area contributed by atoms with Crippen LogP contribution in [0.25, 0.3) is 0 Å². The van der Waals surface area contributed by atoms with Gasteiger partial charge in [-0.15, -0.1) is 0 Å². The lowest BCUT2D eigenvalue weighted by Gasteiger charge is -2.38. The van der Waals surface area contributed by atoms with Crippen LogP contribution in [-0.2, 0) is 4.79 Å². The Labute approximate surface area is 54.4 Å². The molecule has 0 bridgehead atoms. The van der Waals surface area contributed by atoms with Crippen LogP contribution < -0.4 is 0 Å². The fourth-order valence-corrected chi connectivity index (χ4v) is 1.15. The standard InChI is InChI=1S/C6H11NO2/c8-6-7(9)4-2-1-3-5-7/h6H,1-5H2. The van der Waals surface area contributed by atoms with E-state index < -0.39 is 4.65 Å². The number of piperidine rings is 1. The van der Waals surface area contributed by atoms with Crippen molar-refractivity contribution in [2.24, 2.45) is 0 Å². The van der Waals surface area contributed by atoms with Crippen LogP contribution in [0.4, 0.5) is 0 Å². The Morgan fingerprint density at radius 1 is 1.22 bits per heavy atom. The highest BCUT2D eigenvalue weighted by Crippen LogP contribution is 2.13. The fraction of sp³-hybridized carbons (Fsp3) is 0.833. The van der Waals surface area contributed by atoms with E-state index in [1.54, 1.807) is 0 Å². The number of carbonyl (C=O) groups excluding carboxylic acids is 1. The molecule has 0 saturated carbocycles. The van der Waals surface area contributed by atoms with Gasteiger partial charge >= 0.3 is 6.41 Å². The Bertz CT molecular complexity index is 108. The van der Waals surface area contributed by atoms with Crippen molar-refractivity contribution >= 4 is 6.41 Å². The van der Waals surface area contributed by atoms with Crippen LogP contribution in [0.2, 0.25) is 0 Å². The Morgan fingerprint density at radius 2 is 1.78 bits per heavy atom. The molecule has 52 valence electrons. The van der Waals surface area contributed by atoms with Crippen LogP contribution in [0.15, 0.2) is 0 Å². The number of carbonyl (C=O) groups is 1. The lowest BCUT2D eigenvalue weighted by atomic mass is 10.1. The smallest absolute Gasteiger partial charge is 0.301 e. The summed E-state index contributed by atoms with van der Waals surface area (Å²) >= 11 is 0. The van der Waals surface area contributed by atoms with Crippen molar-refractivity contribution in [3.05, 3.63) is 5.21 Å². The molecule has 0 aliphatic carbocycles. The van der Waals surface area contributed by atoms with Crippen LogP contribution in [0.1, 0.15) is 19.3 Å². The van der Waals surface area contributed by atoms with E-state index in [9.17, 15) is 10.0 Å². The van der Waals surface area contributed by atoms with Gasteiger partial charge in [0.1, 0.15) is 0 Å². The third kappa shape index (κ3) is 1.50. The largest absolute Gasteiger partial charge is 0.625 e. The average Bonchev–Trinajstić information content (AvgIpc) is 1.90. The molecule has 1 amide bonds. The molecule has 3 heteroatoms. The third-order valence-electron chi connectivity index (χ3n) is 1.77. The molecule has 0 N–H and O–H groups in total. The minimum absolute atomic E-state index is 0.490. The van der Waals surface area contributed by atoms with Crippen molar-refractivity contribution in [3.63, 3.8) is 0 Å². The molecule has 1 aliphatic rings. The highest BCUT2D eigenvalue weighted by atomic mass is 16.6. The molecule has 1 aliphatic heterocycles. The molecule has 0 unspecified atom stereocenters. The zero-order chi connectivity index (χ0) is 6.74. The number of quaternary nitrogens is 1. The number of rotatable bonds is 1. The Hall–Kier alpha value is -0.410. The zero-order valence-corrected chi connectivity index (χ0v) is 5.38. The number of nitrogens with zero attached hydrogens (tertiary/aromatic N) is 1. The number of hydrogen-bond donors (Lipinski definition) is 0. The number of hydrogen-bond acceptors (Lipinski definition) is 2. The van der Waals surface area contributed by atoms with Gasteiger partial charge in [0.2, 0.25) is 0 Å². The second-order valence-electron chi connectivity index (χ2n) is 2.57. The molecule has 0 aromatic rings. The van der Waals surface area contributed by atoms with Crippen LogP contribution in [-0.4, -0.2) is 24.1 Å². The molecular weight excluding hydrogens is 118 g/mol. The van der Waals surface area contributed by atoms with Gasteiger partial charge in [0.05, 0.1) is 13.1 Å². The minimum Gasteiger partial charge on any atom is -0.625 e. The molecule has 1 saturated heterocycles. The summed E-state index contributed by atoms with van der Waals surface area (Å²) < 4.78 is -0.611. The minimum atomic E-state index is -0.611. The molecule has 3 nitrogen and oxygen atoms in total. The van der Waals surface area contributed by atoms with Crippen molar-refractivity contribution in [3.8, 4) is 0 Å². The molecule has 0 aromatic heterocycles. The van der Waals surface area contributed by atoms with Gasteiger partial charge in [0.25, 0.3) is 0 Å². The van der Waals surface area contributed by atoms with Crippen LogP contribution >= 0.6 is 0 Å². The highest BCUT2D eigenvalue weighted by Gasteiger charge is 2.18. The first-order valence-corrected chi connectivity index (χ1v) is 3.31. The van der Waals surface area contributed by atoms with E-state index in [-0.39, 0.29) is 0 Å². The van der Waals surface area contributed by atoms with Gasteiger partial charge in [-0.25, -0.2) is 4.79 Å². The average molecular weight is 129 g/mol. The summed E-state index contributed by atoms with van der Waals surface area (Å²) in [5, 5.41) is 11.1. The highest BCUT2D eigenvalue weighted by molar-refractivity contribution is 5.37. The maximum absolute atomic E-state index is 11.1. The van der Waals surface area contributed by atoms with Gasteiger partial charge < -0.3 is 9.85 Å². The summed E-state index contributed by atoms with van der Waals surface area (Å²) in [7, 11) is 0. The second kappa shape index (κ2) is 2.45. The zero-order valence-electron chi connectivity index (χ0n) is 5.38. The predicted molar refractivity (Wildman–Crippen MR) is 33.3 cm³/mol. The second-order valence-corrected chi connectivity index (χ2v) is 2.57. The normalized spacial score (nSPS) is 25.4. The molecule has 0 spiro atoms. The fourth-order valence-electron chi connectivity index (χ4n) is 1.15. The first kappa shape index (κ1) is 6.71. The molecule has 1 rings (SSSR count). The van der Waals surface area contributed by atoms with Gasteiger partial charge in [-0.05, 0) is 19.3 Å². The maximum Gasteiger partial charge on any atom is 0.301 e. The molecule has 0 radical (unpaired) electrons. The van der Waals surface area contributed by atoms with E-state index in [0.29, 0.717) is 19.5 Å². The SMILES string of the molecule is O=C[N+]1([O-])CCCCC1. The molecule has 9 heavy (non-hydrogen) atoms. The summed E-state index contributed by atoms with van der Waals surface area (Å²) in [4.78, 5) is 10.1. The van der Waals surface area contributed by atoms with Crippen LogP contribution in [0.3, 0.4) is 0 Å². The van der Waals surface area contributed by atoms with Crippen molar-refractivity contribution in [1.82, 2.24) is 0 Å². The molecule has 1 heterocycles. The summed E-state index contributed by atoms with van der Waals surface area (Å²) in [6.07, 6.45) is 3.43.